The molecule has 1 fully saturated rings. The van der Waals surface area contributed by atoms with Crippen LogP contribution in [0.3, 0.4) is 0 Å². The number of fused-ring (bicyclic) bond motifs is 1. The van der Waals surface area contributed by atoms with Gasteiger partial charge < -0.3 is 9.47 Å². The second-order valence-corrected chi connectivity index (χ2v) is 6.71. The summed E-state index contributed by atoms with van der Waals surface area (Å²) < 4.78 is 16.4. The average molecular weight is 408 g/mol. The van der Waals surface area contributed by atoms with Gasteiger partial charge in [-0.25, -0.2) is 9.37 Å². The minimum atomic E-state index is -0.198. The lowest BCUT2D eigenvalue weighted by molar-refractivity contribution is 0.309. The van der Waals surface area contributed by atoms with Crippen LogP contribution in [0.15, 0.2) is 12.1 Å². The smallest absolute Gasteiger partial charge is 0.138 e. The Bertz CT molecular complexity index is 639. The number of rotatable bonds is 5. The van der Waals surface area contributed by atoms with E-state index in [1.54, 1.807) is 12.1 Å². The summed E-state index contributed by atoms with van der Waals surface area (Å²) in [7, 11) is 2.14. The molecule has 1 saturated carbocycles. The lowest BCUT2D eigenvalue weighted by atomic mass is 10.3. The van der Waals surface area contributed by atoms with Crippen LogP contribution in [0.5, 0.6) is 0 Å². The van der Waals surface area contributed by atoms with Crippen LogP contribution in [-0.2, 0) is 12.4 Å². The molecule has 0 unspecified atom stereocenters. The lowest BCUT2D eigenvalue weighted by Crippen LogP contribution is -2.25. The Morgan fingerprint density at radius 3 is 2.90 bits per heavy atom. The molecule has 0 bridgehead atoms. The van der Waals surface area contributed by atoms with Gasteiger partial charge in [0.2, 0.25) is 0 Å². The predicted octanol–water partition coefficient (Wildman–Crippen LogP) is 3.61. The van der Waals surface area contributed by atoms with Crippen molar-refractivity contribution in [2.24, 2.45) is 0 Å². The van der Waals surface area contributed by atoms with E-state index in [4.69, 9.17) is 11.6 Å². The zero-order chi connectivity index (χ0) is 14.3. The van der Waals surface area contributed by atoms with E-state index in [9.17, 15) is 4.39 Å². The molecule has 3 nitrogen and oxygen atoms in total. The maximum absolute atomic E-state index is 13.8. The van der Waals surface area contributed by atoms with Crippen LogP contribution in [0.1, 0.15) is 18.7 Å². The molecule has 108 valence electrons. The van der Waals surface area contributed by atoms with E-state index in [0.717, 1.165) is 36.0 Å². The lowest BCUT2D eigenvalue weighted by Gasteiger charge is -2.17. The van der Waals surface area contributed by atoms with Gasteiger partial charge in [-0.3, -0.25) is 0 Å². The van der Waals surface area contributed by atoms with Crippen molar-refractivity contribution >= 4 is 45.2 Å². The summed E-state index contributed by atoms with van der Waals surface area (Å²) in [5.74, 6) is 0.961. The fourth-order valence-electron chi connectivity index (χ4n) is 2.48. The molecule has 3 rings (SSSR count). The highest BCUT2D eigenvalue weighted by Crippen LogP contribution is 2.26. The Labute approximate surface area is 136 Å². The Kier molecular flexibility index (Phi) is 4.19. The van der Waals surface area contributed by atoms with Gasteiger partial charge in [-0.05, 0) is 48.5 Å². The average Bonchev–Trinajstić information content (AvgIpc) is 3.21. The van der Waals surface area contributed by atoms with Crippen LogP contribution in [0.2, 0.25) is 0 Å². The fraction of sp³-hybridized carbons (Fsp3) is 0.500. The van der Waals surface area contributed by atoms with Crippen LogP contribution in [0.4, 0.5) is 4.39 Å². The monoisotopic (exact) mass is 407 g/mol. The minimum absolute atomic E-state index is 0.198. The first-order chi connectivity index (χ1) is 9.60. The number of alkyl halides is 1. The molecule has 0 amide bonds. The standard InChI is InChI=1S/C14H16ClFIN3/c1-19(9-2-3-9)4-5-20-13-6-10(16)11(17)7-12(13)18-14(20)8-15/h6-7,9H,2-5,8H2,1H3. The van der Waals surface area contributed by atoms with Crippen LogP contribution in [0.25, 0.3) is 11.0 Å². The van der Waals surface area contributed by atoms with E-state index < -0.39 is 0 Å². The number of nitrogens with zero attached hydrogens (tertiary/aromatic N) is 3. The van der Waals surface area contributed by atoms with Crippen molar-refractivity contribution in [1.29, 1.82) is 0 Å². The first-order valence-electron chi connectivity index (χ1n) is 6.70. The van der Waals surface area contributed by atoms with Crippen molar-refractivity contribution in [2.75, 3.05) is 13.6 Å². The fourth-order valence-corrected chi connectivity index (χ4v) is 3.13. The van der Waals surface area contributed by atoms with Gasteiger partial charge in [0, 0.05) is 25.2 Å². The number of halogens is 3. The first kappa shape index (κ1) is 14.5. The maximum atomic E-state index is 13.8. The zero-order valence-electron chi connectivity index (χ0n) is 11.2. The van der Waals surface area contributed by atoms with E-state index in [-0.39, 0.29) is 5.82 Å². The van der Waals surface area contributed by atoms with Gasteiger partial charge in [-0.15, -0.1) is 11.6 Å². The quantitative estimate of drug-likeness (QED) is 0.558. The van der Waals surface area contributed by atoms with Crippen molar-refractivity contribution < 1.29 is 4.39 Å². The largest absolute Gasteiger partial charge is 0.326 e. The maximum Gasteiger partial charge on any atom is 0.138 e. The highest BCUT2D eigenvalue weighted by Gasteiger charge is 2.26. The molecule has 1 aliphatic rings. The number of imidazole rings is 1. The summed E-state index contributed by atoms with van der Waals surface area (Å²) in [5, 5.41) is 0. The molecule has 0 saturated heterocycles. The number of likely N-dealkylation sites (N-methyl/N-ethyl adjacent to an activating group) is 1. The molecule has 2 aromatic rings. The van der Waals surface area contributed by atoms with Gasteiger partial charge >= 0.3 is 0 Å². The molecule has 0 radical (unpaired) electrons. The number of aromatic nitrogens is 2. The molecule has 1 aliphatic carbocycles. The first-order valence-corrected chi connectivity index (χ1v) is 8.32. The van der Waals surface area contributed by atoms with Crippen LogP contribution < -0.4 is 0 Å². The topological polar surface area (TPSA) is 21.1 Å². The Morgan fingerprint density at radius 2 is 2.25 bits per heavy atom. The predicted molar refractivity (Wildman–Crippen MR) is 87.6 cm³/mol. The van der Waals surface area contributed by atoms with Crippen molar-refractivity contribution in [2.45, 2.75) is 31.3 Å². The normalized spacial score (nSPS) is 15.4. The van der Waals surface area contributed by atoms with Gasteiger partial charge in [-0.1, -0.05) is 0 Å². The Hall–Kier alpha value is -0.400. The van der Waals surface area contributed by atoms with Crippen LogP contribution >= 0.6 is 34.2 Å². The third kappa shape index (κ3) is 2.80. The van der Waals surface area contributed by atoms with E-state index >= 15 is 0 Å². The van der Waals surface area contributed by atoms with Gasteiger partial charge in [0.25, 0.3) is 0 Å². The highest BCUT2D eigenvalue weighted by molar-refractivity contribution is 14.1. The Balaban J connectivity index is 1.92. The summed E-state index contributed by atoms with van der Waals surface area (Å²) in [6.45, 7) is 1.74. The van der Waals surface area contributed by atoms with Crippen LogP contribution in [-0.4, -0.2) is 34.1 Å². The van der Waals surface area contributed by atoms with E-state index in [1.807, 2.05) is 27.2 Å². The summed E-state index contributed by atoms with van der Waals surface area (Å²) in [6, 6.07) is 4.07. The Morgan fingerprint density at radius 1 is 1.50 bits per heavy atom. The molecular formula is C14H16ClFIN3. The second kappa shape index (κ2) is 5.77. The van der Waals surface area contributed by atoms with Crippen LogP contribution in [0, 0.1) is 9.39 Å². The summed E-state index contributed by atoms with van der Waals surface area (Å²) in [4.78, 5) is 6.87. The van der Waals surface area contributed by atoms with Crippen molar-refractivity contribution in [3.63, 3.8) is 0 Å². The summed E-state index contributed by atoms with van der Waals surface area (Å²) in [6.07, 6.45) is 2.58. The molecule has 0 N–H and O–H groups in total. The molecule has 0 atom stereocenters. The molecule has 0 spiro atoms. The molecule has 1 aromatic heterocycles. The van der Waals surface area contributed by atoms with Gasteiger partial charge in [0.05, 0.1) is 20.5 Å². The number of benzene rings is 1. The summed E-state index contributed by atoms with van der Waals surface area (Å²) >= 11 is 7.97. The summed E-state index contributed by atoms with van der Waals surface area (Å²) in [5.41, 5.74) is 1.66. The molecule has 1 heterocycles. The number of hydrogen-bond donors (Lipinski definition) is 0. The second-order valence-electron chi connectivity index (χ2n) is 5.28. The van der Waals surface area contributed by atoms with E-state index in [1.165, 1.54) is 12.8 Å². The zero-order valence-corrected chi connectivity index (χ0v) is 14.2. The third-order valence-corrected chi connectivity index (χ3v) is 4.90. The third-order valence-electron chi connectivity index (χ3n) is 3.84. The van der Waals surface area contributed by atoms with Gasteiger partial charge in [0.15, 0.2) is 0 Å². The SMILES string of the molecule is CN(CCn1c(CCl)nc2cc(I)c(F)cc21)C1CC1. The van der Waals surface area contributed by atoms with E-state index in [2.05, 4.69) is 16.9 Å². The number of hydrogen-bond acceptors (Lipinski definition) is 2. The molecular weight excluding hydrogens is 392 g/mol. The molecule has 0 aliphatic heterocycles. The molecule has 1 aromatic carbocycles. The van der Waals surface area contributed by atoms with Gasteiger partial charge in [0.1, 0.15) is 11.6 Å². The van der Waals surface area contributed by atoms with E-state index in [0.29, 0.717) is 9.45 Å². The molecule has 6 heteroatoms. The highest BCUT2D eigenvalue weighted by atomic mass is 127. The van der Waals surface area contributed by atoms with Crippen molar-refractivity contribution in [3.05, 3.63) is 27.3 Å². The van der Waals surface area contributed by atoms with Gasteiger partial charge in [-0.2, -0.15) is 0 Å². The van der Waals surface area contributed by atoms with Crippen molar-refractivity contribution in [3.8, 4) is 0 Å². The molecule has 20 heavy (non-hydrogen) atoms. The van der Waals surface area contributed by atoms with Crippen molar-refractivity contribution in [1.82, 2.24) is 14.5 Å². The minimum Gasteiger partial charge on any atom is -0.326 e.